The first-order chi connectivity index (χ1) is 13.2. The number of aromatic nitrogens is 2. The van der Waals surface area contributed by atoms with E-state index < -0.39 is 0 Å². The molecule has 0 bridgehead atoms. The van der Waals surface area contributed by atoms with Crippen molar-refractivity contribution in [1.29, 1.82) is 0 Å². The van der Waals surface area contributed by atoms with Crippen molar-refractivity contribution >= 4 is 5.91 Å². The molecule has 1 fully saturated rings. The zero-order chi connectivity index (χ0) is 18.6. The van der Waals surface area contributed by atoms with Crippen molar-refractivity contribution in [2.45, 2.75) is 25.9 Å². The molecule has 4 rings (SSSR count). The molecule has 0 radical (unpaired) electrons. The third-order valence-electron chi connectivity index (χ3n) is 4.94. The molecule has 2 heterocycles. The number of aryl methyl sites for hydroxylation is 1. The van der Waals surface area contributed by atoms with Gasteiger partial charge in [0.15, 0.2) is 0 Å². The number of aromatic amines is 1. The molecule has 5 heteroatoms. The van der Waals surface area contributed by atoms with Gasteiger partial charge in [0.25, 0.3) is 5.91 Å². The van der Waals surface area contributed by atoms with Gasteiger partial charge in [-0.1, -0.05) is 49.4 Å². The summed E-state index contributed by atoms with van der Waals surface area (Å²) in [4.78, 5) is 14.6. The van der Waals surface area contributed by atoms with Gasteiger partial charge in [-0.2, -0.15) is 5.10 Å². The fourth-order valence-corrected chi connectivity index (χ4v) is 3.36. The third kappa shape index (κ3) is 3.87. The van der Waals surface area contributed by atoms with Crippen molar-refractivity contribution in [2.75, 3.05) is 13.1 Å². The Bertz CT molecular complexity index is 903. The lowest BCUT2D eigenvalue weighted by Crippen LogP contribution is -2.31. The maximum Gasteiger partial charge on any atom is 0.272 e. The Labute approximate surface area is 159 Å². The first-order valence-corrected chi connectivity index (χ1v) is 9.38. The Balaban J connectivity index is 1.40. The number of para-hydroxylation sites is 1. The van der Waals surface area contributed by atoms with Gasteiger partial charge in [0.2, 0.25) is 0 Å². The highest BCUT2D eigenvalue weighted by Crippen LogP contribution is 2.22. The molecule has 1 aliphatic heterocycles. The van der Waals surface area contributed by atoms with Crippen LogP contribution in [0.3, 0.4) is 0 Å². The highest BCUT2D eigenvalue weighted by Gasteiger charge is 2.29. The number of hydrogen-bond acceptors (Lipinski definition) is 3. The van der Waals surface area contributed by atoms with E-state index in [1.54, 1.807) is 0 Å². The maximum absolute atomic E-state index is 12.8. The van der Waals surface area contributed by atoms with Crippen LogP contribution < -0.4 is 4.74 Å². The second-order valence-electron chi connectivity index (χ2n) is 6.81. The first-order valence-electron chi connectivity index (χ1n) is 9.38. The van der Waals surface area contributed by atoms with Crippen LogP contribution in [-0.2, 0) is 6.42 Å². The summed E-state index contributed by atoms with van der Waals surface area (Å²) in [6.07, 6.45) is 1.87. The Morgan fingerprint density at radius 1 is 1.19 bits per heavy atom. The molecule has 1 aromatic heterocycles. The lowest BCUT2D eigenvalue weighted by Gasteiger charge is -2.16. The van der Waals surface area contributed by atoms with Gasteiger partial charge in [0, 0.05) is 18.5 Å². The van der Waals surface area contributed by atoms with Crippen LogP contribution in [-0.4, -0.2) is 40.2 Å². The summed E-state index contributed by atoms with van der Waals surface area (Å²) in [5, 5.41) is 7.21. The molecule has 1 N–H and O–H groups in total. The largest absolute Gasteiger partial charge is 0.489 e. The van der Waals surface area contributed by atoms with E-state index in [0.29, 0.717) is 18.8 Å². The van der Waals surface area contributed by atoms with Crippen LogP contribution in [0.1, 0.15) is 29.4 Å². The normalized spacial score (nSPS) is 16.5. The lowest BCUT2D eigenvalue weighted by atomic mass is 10.1. The number of ether oxygens (including phenoxy) is 1. The summed E-state index contributed by atoms with van der Waals surface area (Å²) in [6.45, 7) is 3.41. The standard InChI is InChI=1S/C22H23N3O2/c1-2-16-8-10-17(11-9-16)20-14-21(24-23-20)22(26)25-13-12-19(15-25)27-18-6-4-3-5-7-18/h3-11,14,19H,2,12-13,15H2,1H3,(H,23,24)/t19-/m0/s1. The van der Waals surface area contributed by atoms with Crippen molar-refractivity contribution in [3.05, 3.63) is 71.9 Å². The van der Waals surface area contributed by atoms with E-state index in [1.165, 1.54) is 5.56 Å². The van der Waals surface area contributed by atoms with Gasteiger partial charge in [-0.3, -0.25) is 9.89 Å². The highest BCUT2D eigenvalue weighted by molar-refractivity contribution is 5.93. The Kier molecular flexibility index (Phi) is 4.92. The van der Waals surface area contributed by atoms with Crippen LogP contribution >= 0.6 is 0 Å². The van der Waals surface area contributed by atoms with Gasteiger partial charge in [-0.05, 0) is 30.2 Å². The molecule has 27 heavy (non-hydrogen) atoms. The van der Waals surface area contributed by atoms with E-state index in [9.17, 15) is 4.79 Å². The second-order valence-corrected chi connectivity index (χ2v) is 6.81. The number of benzene rings is 2. The van der Waals surface area contributed by atoms with E-state index in [4.69, 9.17) is 4.74 Å². The summed E-state index contributed by atoms with van der Waals surface area (Å²) in [5.74, 6) is 0.814. The molecule has 0 aliphatic carbocycles. The number of hydrogen-bond donors (Lipinski definition) is 1. The number of carbonyl (C=O) groups is 1. The Hall–Kier alpha value is -3.08. The molecule has 138 valence electrons. The number of amides is 1. The van der Waals surface area contributed by atoms with Crippen molar-refractivity contribution in [2.24, 2.45) is 0 Å². The van der Waals surface area contributed by atoms with Gasteiger partial charge < -0.3 is 9.64 Å². The van der Waals surface area contributed by atoms with Crippen LogP contribution in [0.25, 0.3) is 11.3 Å². The van der Waals surface area contributed by atoms with E-state index in [-0.39, 0.29) is 12.0 Å². The molecule has 3 aromatic rings. The fraction of sp³-hybridized carbons (Fsp3) is 0.273. The summed E-state index contributed by atoms with van der Waals surface area (Å²) in [5.41, 5.74) is 3.60. The molecule has 1 amide bonds. The second kappa shape index (κ2) is 7.66. The zero-order valence-corrected chi connectivity index (χ0v) is 15.4. The van der Waals surface area contributed by atoms with Crippen LogP contribution in [0.2, 0.25) is 0 Å². The SMILES string of the molecule is CCc1ccc(-c2cc(C(=O)N3CC[C@H](Oc4ccccc4)C3)[nH]n2)cc1. The minimum Gasteiger partial charge on any atom is -0.489 e. The van der Waals surface area contributed by atoms with Crippen molar-refractivity contribution in [1.82, 2.24) is 15.1 Å². The number of rotatable bonds is 5. The van der Waals surface area contributed by atoms with E-state index in [2.05, 4.69) is 29.3 Å². The molecule has 1 atom stereocenters. The van der Waals surface area contributed by atoms with Crippen molar-refractivity contribution < 1.29 is 9.53 Å². The highest BCUT2D eigenvalue weighted by atomic mass is 16.5. The maximum atomic E-state index is 12.8. The van der Waals surface area contributed by atoms with Crippen LogP contribution in [0.4, 0.5) is 0 Å². The topological polar surface area (TPSA) is 58.2 Å². The third-order valence-corrected chi connectivity index (χ3v) is 4.94. The van der Waals surface area contributed by atoms with Crippen LogP contribution in [0, 0.1) is 0 Å². The predicted octanol–water partition coefficient (Wildman–Crippen LogP) is 3.93. The fourth-order valence-electron chi connectivity index (χ4n) is 3.36. The van der Waals surface area contributed by atoms with Crippen molar-refractivity contribution in [3.8, 4) is 17.0 Å². The number of H-pyrrole nitrogens is 1. The van der Waals surface area contributed by atoms with Gasteiger partial charge in [0.05, 0.1) is 12.2 Å². The summed E-state index contributed by atoms with van der Waals surface area (Å²) in [7, 11) is 0. The molecule has 1 aliphatic rings. The van der Waals surface area contributed by atoms with Crippen LogP contribution in [0.15, 0.2) is 60.7 Å². The average molecular weight is 361 g/mol. The zero-order valence-electron chi connectivity index (χ0n) is 15.4. The lowest BCUT2D eigenvalue weighted by molar-refractivity contribution is 0.0766. The molecule has 2 aromatic carbocycles. The quantitative estimate of drug-likeness (QED) is 0.749. The molecule has 1 saturated heterocycles. The number of carbonyl (C=O) groups excluding carboxylic acids is 1. The van der Waals surface area contributed by atoms with Gasteiger partial charge in [0.1, 0.15) is 17.5 Å². The smallest absolute Gasteiger partial charge is 0.272 e. The van der Waals surface area contributed by atoms with Gasteiger partial charge >= 0.3 is 0 Å². The molecule has 0 unspecified atom stereocenters. The molecule has 5 nitrogen and oxygen atoms in total. The van der Waals surface area contributed by atoms with Gasteiger partial charge in [-0.15, -0.1) is 0 Å². The molecular formula is C22H23N3O2. The number of nitrogens with one attached hydrogen (secondary N) is 1. The summed E-state index contributed by atoms with van der Waals surface area (Å²) in [6, 6.07) is 19.8. The predicted molar refractivity (Wildman–Crippen MR) is 105 cm³/mol. The average Bonchev–Trinajstić information content (AvgIpc) is 3.38. The summed E-state index contributed by atoms with van der Waals surface area (Å²) < 4.78 is 5.97. The molecule has 0 saturated carbocycles. The number of nitrogens with zero attached hydrogens (tertiary/aromatic N) is 2. The van der Waals surface area contributed by atoms with E-state index in [0.717, 1.165) is 29.8 Å². The molecule has 0 spiro atoms. The van der Waals surface area contributed by atoms with E-state index in [1.807, 2.05) is 53.4 Å². The van der Waals surface area contributed by atoms with Crippen molar-refractivity contribution in [3.63, 3.8) is 0 Å². The Morgan fingerprint density at radius 2 is 1.96 bits per heavy atom. The van der Waals surface area contributed by atoms with Crippen LogP contribution in [0.5, 0.6) is 5.75 Å². The Morgan fingerprint density at radius 3 is 2.70 bits per heavy atom. The minimum absolute atomic E-state index is 0.0281. The number of likely N-dealkylation sites (tertiary alicyclic amines) is 1. The van der Waals surface area contributed by atoms with Gasteiger partial charge in [-0.25, -0.2) is 0 Å². The monoisotopic (exact) mass is 361 g/mol. The molecular weight excluding hydrogens is 338 g/mol. The first kappa shape index (κ1) is 17.3. The minimum atomic E-state index is -0.0295. The van der Waals surface area contributed by atoms with E-state index >= 15 is 0 Å². The summed E-state index contributed by atoms with van der Waals surface area (Å²) >= 11 is 0.